The van der Waals surface area contributed by atoms with Gasteiger partial charge >= 0.3 is 0 Å². The van der Waals surface area contributed by atoms with Crippen LogP contribution in [0.5, 0.6) is 0 Å². The van der Waals surface area contributed by atoms with Gasteiger partial charge in [-0.3, -0.25) is 4.79 Å². The van der Waals surface area contributed by atoms with Gasteiger partial charge in [0.2, 0.25) is 15.9 Å². The van der Waals surface area contributed by atoms with Crippen LogP contribution in [0.2, 0.25) is 0 Å². The Hall–Kier alpha value is -3.07. The number of fused-ring (bicyclic) bond motifs is 3. The van der Waals surface area contributed by atoms with E-state index in [1.807, 2.05) is 30.3 Å². The summed E-state index contributed by atoms with van der Waals surface area (Å²) in [5, 5.41) is 0. The van der Waals surface area contributed by atoms with Crippen molar-refractivity contribution < 1.29 is 17.9 Å². The number of carbonyl (C=O) groups is 1. The number of sulfonamides is 1. The second kappa shape index (κ2) is 7.56. The molecule has 0 bridgehead atoms. The zero-order chi connectivity index (χ0) is 21.6. The van der Waals surface area contributed by atoms with E-state index < -0.39 is 15.9 Å². The Morgan fingerprint density at radius 2 is 1.77 bits per heavy atom. The molecule has 2 heterocycles. The third-order valence-corrected chi connectivity index (χ3v) is 7.66. The summed E-state index contributed by atoms with van der Waals surface area (Å²) in [5.74, 6) is -0.523. The van der Waals surface area contributed by atoms with E-state index in [4.69, 9.17) is 15.5 Å². The van der Waals surface area contributed by atoms with Crippen molar-refractivity contribution in [1.82, 2.24) is 9.29 Å². The molecule has 158 valence electrons. The highest BCUT2D eigenvalue weighted by Gasteiger charge is 2.30. The molecule has 0 spiro atoms. The average molecular weight is 436 g/mol. The van der Waals surface area contributed by atoms with Gasteiger partial charge in [0.05, 0.1) is 29.5 Å². The van der Waals surface area contributed by atoms with Gasteiger partial charge in [-0.1, -0.05) is 36.4 Å². The van der Waals surface area contributed by atoms with Gasteiger partial charge in [-0.25, -0.2) is 13.4 Å². The fraction of sp³-hybridized carbons (Fsp3) is 0.217. The molecule has 2 N–H and O–H groups in total. The molecular formula is C23H21N3O4S. The quantitative estimate of drug-likeness (QED) is 0.530. The number of hydrogen-bond donors (Lipinski definition) is 1. The van der Waals surface area contributed by atoms with Crippen LogP contribution in [-0.2, 0) is 21.2 Å². The molecule has 1 aliphatic heterocycles. The predicted octanol–water partition coefficient (Wildman–Crippen LogP) is 2.44. The molecule has 5 rings (SSSR count). The maximum atomic E-state index is 13.1. The van der Waals surface area contributed by atoms with Crippen molar-refractivity contribution in [2.45, 2.75) is 11.3 Å². The molecule has 1 aromatic heterocycles. The number of primary amides is 1. The zero-order valence-electron chi connectivity index (χ0n) is 16.7. The smallest absolute Gasteiger partial charge is 0.249 e. The molecular weight excluding hydrogens is 414 g/mol. The van der Waals surface area contributed by atoms with Gasteiger partial charge < -0.3 is 10.5 Å². The molecule has 2 aromatic carbocycles. The number of ether oxygens (including phenoxy) is 1. The van der Waals surface area contributed by atoms with Gasteiger partial charge in [0, 0.05) is 36.2 Å². The van der Waals surface area contributed by atoms with Crippen molar-refractivity contribution in [3.8, 4) is 22.5 Å². The molecule has 1 saturated heterocycles. The van der Waals surface area contributed by atoms with Crippen molar-refractivity contribution in [2.75, 3.05) is 26.3 Å². The number of benzene rings is 2. The van der Waals surface area contributed by atoms with Crippen LogP contribution in [0.25, 0.3) is 22.5 Å². The lowest BCUT2D eigenvalue weighted by Gasteiger charge is -2.26. The fourth-order valence-electron chi connectivity index (χ4n) is 4.18. The zero-order valence-corrected chi connectivity index (χ0v) is 17.6. The van der Waals surface area contributed by atoms with Crippen LogP contribution in [0.4, 0.5) is 0 Å². The summed E-state index contributed by atoms with van der Waals surface area (Å²) in [6, 6.07) is 16.4. The molecule has 0 unspecified atom stereocenters. The number of morpholine rings is 1. The van der Waals surface area contributed by atoms with Gasteiger partial charge in [0.15, 0.2) is 0 Å². The van der Waals surface area contributed by atoms with Crippen molar-refractivity contribution in [3.05, 3.63) is 71.3 Å². The number of nitrogens with two attached hydrogens (primary N) is 1. The Balaban J connectivity index is 1.59. The minimum absolute atomic E-state index is 0.241. The SMILES string of the molecule is NC(=O)c1cc(-c2ccccc2)nc2c1Cc1cc(S(=O)(=O)N3CCOCC3)ccc1-2. The number of nitrogens with zero attached hydrogens (tertiary/aromatic N) is 2. The molecule has 8 heteroatoms. The van der Waals surface area contributed by atoms with Gasteiger partial charge in [0.1, 0.15) is 0 Å². The third-order valence-electron chi connectivity index (χ3n) is 5.77. The van der Waals surface area contributed by atoms with Gasteiger partial charge in [-0.05, 0) is 29.3 Å². The Morgan fingerprint density at radius 1 is 1.03 bits per heavy atom. The summed E-state index contributed by atoms with van der Waals surface area (Å²) in [4.78, 5) is 17.3. The van der Waals surface area contributed by atoms with Crippen LogP contribution in [0.1, 0.15) is 21.5 Å². The van der Waals surface area contributed by atoms with Crippen molar-refractivity contribution in [1.29, 1.82) is 0 Å². The molecule has 0 saturated carbocycles. The molecule has 7 nitrogen and oxygen atoms in total. The van der Waals surface area contributed by atoms with Crippen LogP contribution in [-0.4, -0.2) is 49.9 Å². The molecule has 31 heavy (non-hydrogen) atoms. The number of rotatable bonds is 4. The number of pyridine rings is 1. The van der Waals surface area contributed by atoms with E-state index in [1.54, 1.807) is 24.3 Å². The Morgan fingerprint density at radius 3 is 2.48 bits per heavy atom. The number of amides is 1. The monoisotopic (exact) mass is 435 g/mol. The first kappa shape index (κ1) is 19.9. The fourth-order valence-corrected chi connectivity index (χ4v) is 5.64. The lowest BCUT2D eigenvalue weighted by atomic mass is 10.0. The van der Waals surface area contributed by atoms with E-state index >= 15 is 0 Å². The Bertz CT molecular complexity index is 1280. The standard InChI is InChI=1S/C23H21N3O4S/c24-23(27)20-14-21(15-4-2-1-3-5-15)25-22-18-7-6-17(12-16(18)13-19(20)22)31(28,29)26-8-10-30-11-9-26/h1-7,12,14H,8-11,13H2,(H2,24,27). The average Bonchev–Trinajstić information content (AvgIpc) is 3.17. The van der Waals surface area contributed by atoms with Crippen LogP contribution >= 0.6 is 0 Å². The third kappa shape index (κ3) is 3.42. The second-order valence-electron chi connectivity index (χ2n) is 7.62. The predicted molar refractivity (Wildman–Crippen MR) is 116 cm³/mol. The highest BCUT2D eigenvalue weighted by atomic mass is 32.2. The number of hydrogen-bond acceptors (Lipinski definition) is 5. The molecule has 1 fully saturated rings. The van der Waals surface area contributed by atoms with E-state index in [2.05, 4.69) is 0 Å². The van der Waals surface area contributed by atoms with Crippen LogP contribution in [0.3, 0.4) is 0 Å². The van der Waals surface area contributed by atoms with Crippen molar-refractivity contribution in [3.63, 3.8) is 0 Å². The van der Waals surface area contributed by atoms with Crippen LogP contribution in [0, 0.1) is 0 Å². The summed E-state index contributed by atoms with van der Waals surface area (Å²) in [6.07, 6.45) is 0.414. The lowest BCUT2D eigenvalue weighted by molar-refractivity contribution is 0.0730. The topological polar surface area (TPSA) is 103 Å². The first-order valence-corrected chi connectivity index (χ1v) is 11.5. The summed E-state index contributed by atoms with van der Waals surface area (Å²) < 4.78 is 32.8. The highest BCUT2D eigenvalue weighted by molar-refractivity contribution is 7.89. The number of carbonyl (C=O) groups excluding carboxylic acids is 1. The van der Waals surface area contributed by atoms with E-state index in [0.717, 1.165) is 22.3 Å². The Kier molecular flexibility index (Phi) is 4.85. The first-order chi connectivity index (χ1) is 14.9. The summed E-state index contributed by atoms with van der Waals surface area (Å²) in [6.45, 7) is 1.47. The van der Waals surface area contributed by atoms with Gasteiger partial charge in [0.25, 0.3) is 0 Å². The van der Waals surface area contributed by atoms with Crippen molar-refractivity contribution in [2.24, 2.45) is 5.73 Å². The molecule has 3 aromatic rings. The largest absolute Gasteiger partial charge is 0.379 e. The summed E-state index contributed by atoms with van der Waals surface area (Å²) >= 11 is 0. The van der Waals surface area contributed by atoms with Gasteiger partial charge in [-0.2, -0.15) is 4.31 Å². The lowest BCUT2D eigenvalue weighted by Crippen LogP contribution is -2.40. The van der Waals surface area contributed by atoms with Gasteiger partial charge in [-0.15, -0.1) is 0 Å². The highest BCUT2D eigenvalue weighted by Crippen LogP contribution is 2.40. The maximum absolute atomic E-state index is 13.1. The van der Waals surface area contributed by atoms with Crippen molar-refractivity contribution >= 4 is 15.9 Å². The minimum atomic E-state index is -3.61. The van der Waals surface area contributed by atoms with E-state index in [1.165, 1.54) is 4.31 Å². The van der Waals surface area contributed by atoms with Crippen LogP contribution < -0.4 is 5.73 Å². The molecule has 0 atom stereocenters. The summed E-state index contributed by atoms with van der Waals surface area (Å²) in [5.41, 5.74) is 10.7. The molecule has 1 aliphatic carbocycles. The molecule has 2 aliphatic rings. The number of aromatic nitrogens is 1. The Labute approximate surface area is 180 Å². The second-order valence-corrected chi connectivity index (χ2v) is 9.56. The maximum Gasteiger partial charge on any atom is 0.249 e. The molecule has 1 amide bonds. The van der Waals surface area contributed by atoms with E-state index in [9.17, 15) is 13.2 Å². The first-order valence-electron chi connectivity index (χ1n) is 10.1. The molecule has 0 radical (unpaired) electrons. The minimum Gasteiger partial charge on any atom is -0.379 e. The van der Waals surface area contributed by atoms with E-state index in [-0.39, 0.29) is 4.90 Å². The normalized spacial score (nSPS) is 16.0. The van der Waals surface area contributed by atoms with Crippen LogP contribution in [0.15, 0.2) is 59.5 Å². The van der Waals surface area contributed by atoms with E-state index in [0.29, 0.717) is 49.7 Å². The summed E-state index contributed by atoms with van der Waals surface area (Å²) in [7, 11) is -3.61.